The summed E-state index contributed by atoms with van der Waals surface area (Å²) in [5, 5.41) is 0. The molecular formula is C10H17NO2. The number of hydrogen-bond acceptors (Lipinski definition) is 3. The molecule has 0 bridgehead atoms. The Hall–Kier alpha value is -0.830. The highest BCUT2D eigenvalue weighted by Crippen LogP contribution is 2.17. The van der Waals surface area contributed by atoms with Gasteiger partial charge in [-0.05, 0) is 19.9 Å². The Morgan fingerprint density at radius 1 is 1.77 bits per heavy atom. The lowest BCUT2D eigenvalue weighted by atomic mass is 10.0. The van der Waals surface area contributed by atoms with Gasteiger partial charge in [0.15, 0.2) is 0 Å². The van der Waals surface area contributed by atoms with Crippen LogP contribution in [0.25, 0.3) is 0 Å². The minimum Gasteiger partial charge on any atom is -0.466 e. The molecule has 0 N–H and O–H groups in total. The van der Waals surface area contributed by atoms with Gasteiger partial charge in [0, 0.05) is 18.2 Å². The van der Waals surface area contributed by atoms with Crippen LogP contribution in [0.4, 0.5) is 0 Å². The van der Waals surface area contributed by atoms with Gasteiger partial charge in [0.1, 0.15) is 0 Å². The summed E-state index contributed by atoms with van der Waals surface area (Å²) < 4.78 is 4.69. The maximum Gasteiger partial charge on any atom is 0.333 e. The summed E-state index contributed by atoms with van der Waals surface area (Å²) in [6.07, 6.45) is 3.87. The molecule has 0 spiro atoms. The van der Waals surface area contributed by atoms with E-state index in [4.69, 9.17) is 4.74 Å². The van der Waals surface area contributed by atoms with Crippen LogP contribution in [0, 0.1) is 0 Å². The predicted octanol–water partition coefficient (Wildman–Crippen LogP) is 1.20. The van der Waals surface area contributed by atoms with Gasteiger partial charge in [0.05, 0.1) is 7.11 Å². The second-order valence-corrected chi connectivity index (χ2v) is 3.39. The molecule has 1 heterocycles. The molecule has 1 aliphatic rings. The SMILES string of the molecule is CCC1C=C(C(=O)OC)CCN1C. The Morgan fingerprint density at radius 3 is 3.00 bits per heavy atom. The molecule has 1 unspecified atom stereocenters. The third kappa shape index (κ3) is 2.31. The minimum absolute atomic E-state index is 0.174. The molecule has 0 aliphatic carbocycles. The number of rotatable bonds is 2. The molecule has 0 radical (unpaired) electrons. The Labute approximate surface area is 79.4 Å². The first kappa shape index (κ1) is 10.3. The van der Waals surface area contributed by atoms with E-state index < -0.39 is 0 Å². The molecule has 0 aromatic rings. The number of carbonyl (C=O) groups is 1. The van der Waals surface area contributed by atoms with Crippen molar-refractivity contribution in [3.8, 4) is 0 Å². The monoisotopic (exact) mass is 183 g/mol. The second-order valence-electron chi connectivity index (χ2n) is 3.39. The number of nitrogens with zero attached hydrogens (tertiary/aromatic N) is 1. The molecule has 3 nitrogen and oxygen atoms in total. The van der Waals surface area contributed by atoms with Crippen molar-refractivity contribution in [2.75, 3.05) is 20.7 Å². The van der Waals surface area contributed by atoms with Crippen LogP contribution in [-0.4, -0.2) is 37.6 Å². The first-order chi connectivity index (χ1) is 6.19. The zero-order chi connectivity index (χ0) is 9.84. The van der Waals surface area contributed by atoms with Gasteiger partial charge >= 0.3 is 5.97 Å². The Morgan fingerprint density at radius 2 is 2.46 bits per heavy atom. The van der Waals surface area contributed by atoms with E-state index in [1.54, 1.807) is 0 Å². The summed E-state index contributed by atoms with van der Waals surface area (Å²) >= 11 is 0. The normalized spacial score (nSPS) is 23.9. The molecule has 0 amide bonds. The number of esters is 1. The Kier molecular flexibility index (Phi) is 3.48. The molecule has 74 valence electrons. The largest absolute Gasteiger partial charge is 0.466 e. The van der Waals surface area contributed by atoms with Crippen molar-refractivity contribution in [3.63, 3.8) is 0 Å². The van der Waals surface area contributed by atoms with E-state index in [9.17, 15) is 4.79 Å². The van der Waals surface area contributed by atoms with Crippen LogP contribution >= 0.6 is 0 Å². The lowest BCUT2D eigenvalue weighted by Gasteiger charge is -2.29. The molecule has 0 saturated heterocycles. The van der Waals surface area contributed by atoms with Crippen LogP contribution in [0.15, 0.2) is 11.6 Å². The van der Waals surface area contributed by atoms with Gasteiger partial charge in [-0.1, -0.05) is 13.0 Å². The van der Waals surface area contributed by atoms with Crippen molar-refractivity contribution in [1.82, 2.24) is 4.90 Å². The van der Waals surface area contributed by atoms with Gasteiger partial charge in [-0.3, -0.25) is 4.90 Å². The van der Waals surface area contributed by atoms with Crippen LogP contribution < -0.4 is 0 Å². The number of carbonyl (C=O) groups excluding carboxylic acids is 1. The van der Waals surface area contributed by atoms with Crippen LogP contribution in [0.2, 0.25) is 0 Å². The van der Waals surface area contributed by atoms with E-state index in [-0.39, 0.29) is 5.97 Å². The van der Waals surface area contributed by atoms with Crippen molar-refractivity contribution < 1.29 is 9.53 Å². The molecule has 1 aliphatic heterocycles. The smallest absolute Gasteiger partial charge is 0.333 e. The third-order valence-electron chi connectivity index (χ3n) is 2.56. The fourth-order valence-corrected chi connectivity index (χ4v) is 1.64. The van der Waals surface area contributed by atoms with E-state index in [0.29, 0.717) is 6.04 Å². The highest BCUT2D eigenvalue weighted by Gasteiger charge is 2.21. The molecule has 1 atom stereocenters. The van der Waals surface area contributed by atoms with Gasteiger partial charge < -0.3 is 4.74 Å². The maximum atomic E-state index is 11.2. The van der Waals surface area contributed by atoms with Gasteiger partial charge in [-0.25, -0.2) is 4.79 Å². The molecule has 3 heteroatoms. The van der Waals surface area contributed by atoms with Crippen molar-refractivity contribution in [2.45, 2.75) is 25.8 Å². The summed E-state index contributed by atoms with van der Waals surface area (Å²) in [6, 6.07) is 0.392. The van der Waals surface area contributed by atoms with Crippen molar-refractivity contribution in [1.29, 1.82) is 0 Å². The number of likely N-dealkylation sites (N-methyl/N-ethyl adjacent to an activating group) is 1. The highest BCUT2D eigenvalue weighted by molar-refractivity contribution is 5.88. The van der Waals surface area contributed by atoms with E-state index in [2.05, 4.69) is 18.9 Å². The van der Waals surface area contributed by atoms with Crippen LogP contribution in [0.5, 0.6) is 0 Å². The van der Waals surface area contributed by atoms with Crippen LogP contribution in [0.3, 0.4) is 0 Å². The van der Waals surface area contributed by atoms with Gasteiger partial charge in [0.25, 0.3) is 0 Å². The molecule has 0 saturated carbocycles. The van der Waals surface area contributed by atoms with E-state index >= 15 is 0 Å². The number of hydrogen-bond donors (Lipinski definition) is 0. The quantitative estimate of drug-likeness (QED) is 0.602. The Bertz CT molecular complexity index is 223. The van der Waals surface area contributed by atoms with Crippen LogP contribution in [-0.2, 0) is 9.53 Å². The van der Waals surface area contributed by atoms with E-state index in [1.807, 2.05) is 6.08 Å². The first-order valence-electron chi connectivity index (χ1n) is 4.68. The summed E-state index contributed by atoms with van der Waals surface area (Å²) in [4.78, 5) is 13.5. The average Bonchev–Trinajstić information content (AvgIpc) is 2.17. The fourth-order valence-electron chi connectivity index (χ4n) is 1.64. The van der Waals surface area contributed by atoms with Crippen molar-refractivity contribution in [2.24, 2.45) is 0 Å². The zero-order valence-corrected chi connectivity index (χ0v) is 8.54. The molecule has 0 aromatic carbocycles. The van der Waals surface area contributed by atoms with Crippen molar-refractivity contribution >= 4 is 5.97 Å². The van der Waals surface area contributed by atoms with Gasteiger partial charge in [-0.15, -0.1) is 0 Å². The molecule has 0 fully saturated rings. The third-order valence-corrected chi connectivity index (χ3v) is 2.56. The summed E-state index contributed by atoms with van der Waals surface area (Å²) in [5.74, 6) is -0.174. The Balaban J connectivity index is 2.71. The molecular weight excluding hydrogens is 166 g/mol. The van der Waals surface area contributed by atoms with Crippen LogP contribution in [0.1, 0.15) is 19.8 Å². The fraction of sp³-hybridized carbons (Fsp3) is 0.700. The number of ether oxygens (including phenoxy) is 1. The first-order valence-corrected chi connectivity index (χ1v) is 4.68. The zero-order valence-electron chi connectivity index (χ0n) is 8.54. The topological polar surface area (TPSA) is 29.5 Å². The minimum atomic E-state index is -0.174. The summed E-state index contributed by atoms with van der Waals surface area (Å²) in [5.41, 5.74) is 0.826. The number of methoxy groups -OCH3 is 1. The maximum absolute atomic E-state index is 11.2. The van der Waals surface area contributed by atoms with E-state index in [0.717, 1.165) is 25.0 Å². The summed E-state index contributed by atoms with van der Waals surface area (Å²) in [6.45, 7) is 3.07. The average molecular weight is 183 g/mol. The highest BCUT2D eigenvalue weighted by atomic mass is 16.5. The lowest BCUT2D eigenvalue weighted by molar-refractivity contribution is -0.136. The van der Waals surface area contributed by atoms with E-state index in [1.165, 1.54) is 7.11 Å². The molecule has 0 aromatic heterocycles. The molecule has 13 heavy (non-hydrogen) atoms. The second kappa shape index (κ2) is 4.42. The summed E-state index contributed by atoms with van der Waals surface area (Å²) in [7, 11) is 3.52. The van der Waals surface area contributed by atoms with Gasteiger partial charge in [-0.2, -0.15) is 0 Å². The predicted molar refractivity (Wildman–Crippen MR) is 51.4 cm³/mol. The molecule has 1 rings (SSSR count). The standard InChI is InChI=1S/C10H17NO2/c1-4-9-7-8(10(12)13-3)5-6-11(9)2/h7,9H,4-6H2,1-3H3. The lowest BCUT2D eigenvalue weighted by Crippen LogP contribution is -2.35. The van der Waals surface area contributed by atoms with Crippen molar-refractivity contribution in [3.05, 3.63) is 11.6 Å². The van der Waals surface area contributed by atoms with Gasteiger partial charge in [0.2, 0.25) is 0 Å².